The number of carbonyl (C=O) groups excluding carboxylic acids is 2. The van der Waals surface area contributed by atoms with Crippen LogP contribution in [0.4, 0.5) is 4.39 Å². The monoisotopic (exact) mass is 430 g/mol. The maximum Gasteiger partial charge on any atom is 0.266 e. The van der Waals surface area contributed by atoms with Crippen molar-refractivity contribution in [2.75, 3.05) is 6.54 Å². The Morgan fingerprint density at radius 1 is 1.31 bits per heavy atom. The molecule has 0 saturated carbocycles. The van der Waals surface area contributed by atoms with Gasteiger partial charge in [-0.3, -0.25) is 14.5 Å². The highest BCUT2D eigenvalue weighted by Crippen LogP contribution is 2.34. The minimum atomic E-state index is -0.763. The third kappa shape index (κ3) is 5.21. The molecule has 5 nitrogen and oxygen atoms in total. The first kappa shape index (κ1) is 21.0. The highest BCUT2D eigenvalue weighted by molar-refractivity contribution is 8.26. The number of nitrogens with zero attached hydrogens (tertiary/aromatic N) is 1. The Labute approximate surface area is 177 Å². The zero-order valence-electron chi connectivity index (χ0n) is 15.6. The quantitative estimate of drug-likeness (QED) is 0.543. The molecule has 1 aliphatic rings. The van der Waals surface area contributed by atoms with Gasteiger partial charge < -0.3 is 10.4 Å². The Morgan fingerprint density at radius 2 is 2.03 bits per heavy atom. The van der Waals surface area contributed by atoms with E-state index in [-0.39, 0.29) is 17.6 Å². The average molecular weight is 431 g/mol. The number of thioether (sulfide) groups is 1. The molecule has 3 rings (SSSR count). The predicted octanol–water partition coefficient (Wildman–Crippen LogP) is 3.48. The average Bonchev–Trinajstić information content (AvgIpc) is 2.96. The molecule has 0 unspecified atom stereocenters. The van der Waals surface area contributed by atoms with E-state index in [2.05, 4.69) is 5.32 Å². The summed E-state index contributed by atoms with van der Waals surface area (Å²) in [6.45, 7) is 2.01. The molecule has 1 fully saturated rings. The van der Waals surface area contributed by atoms with Gasteiger partial charge in [0.2, 0.25) is 5.91 Å². The second-order valence-electron chi connectivity index (χ2n) is 6.49. The van der Waals surface area contributed by atoms with Crippen molar-refractivity contribution in [1.29, 1.82) is 0 Å². The van der Waals surface area contributed by atoms with Gasteiger partial charge in [0.1, 0.15) is 21.9 Å². The lowest BCUT2D eigenvalue weighted by atomic mass is 10.1. The SMILES string of the molecule is C[C@@H](C(=O)NCCc1ccc(O)cc1)N1C(=O)/C(=C/c2cccc(F)c2)SC1=S. The second kappa shape index (κ2) is 9.19. The van der Waals surface area contributed by atoms with E-state index in [9.17, 15) is 19.1 Å². The molecule has 2 amide bonds. The van der Waals surface area contributed by atoms with E-state index in [1.165, 1.54) is 17.0 Å². The van der Waals surface area contributed by atoms with Gasteiger partial charge in [0.05, 0.1) is 4.91 Å². The highest BCUT2D eigenvalue weighted by Gasteiger charge is 2.38. The summed E-state index contributed by atoms with van der Waals surface area (Å²) in [6.07, 6.45) is 2.16. The number of halogens is 1. The fraction of sp³-hybridized carbons (Fsp3) is 0.190. The van der Waals surface area contributed by atoms with Crippen molar-refractivity contribution in [1.82, 2.24) is 10.2 Å². The molecular formula is C21H19FN2O3S2. The van der Waals surface area contributed by atoms with Gasteiger partial charge in [0, 0.05) is 6.54 Å². The van der Waals surface area contributed by atoms with Gasteiger partial charge in [0.15, 0.2) is 0 Å². The number of benzene rings is 2. The van der Waals surface area contributed by atoms with E-state index < -0.39 is 11.9 Å². The van der Waals surface area contributed by atoms with Crippen LogP contribution in [0.25, 0.3) is 6.08 Å². The topological polar surface area (TPSA) is 69.6 Å². The first-order valence-electron chi connectivity index (χ1n) is 8.93. The molecule has 1 heterocycles. The van der Waals surface area contributed by atoms with Crippen molar-refractivity contribution < 1.29 is 19.1 Å². The van der Waals surface area contributed by atoms with E-state index in [0.29, 0.717) is 27.8 Å². The van der Waals surface area contributed by atoms with Gasteiger partial charge in [0.25, 0.3) is 5.91 Å². The Balaban J connectivity index is 1.61. The molecule has 2 aromatic carbocycles. The van der Waals surface area contributed by atoms with Crippen molar-refractivity contribution >= 4 is 46.2 Å². The van der Waals surface area contributed by atoms with Crippen LogP contribution < -0.4 is 5.32 Å². The van der Waals surface area contributed by atoms with Gasteiger partial charge in [-0.25, -0.2) is 4.39 Å². The second-order valence-corrected chi connectivity index (χ2v) is 8.17. The zero-order chi connectivity index (χ0) is 21.0. The van der Waals surface area contributed by atoms with E-state index >= 15 is 0 Å². The molecule has 1 aliphatic heterocycles. The molecular weight excluding hydrogens is 411 g/mol. The minimum Gasteiger partial charge on any atom is -0.508 e. The fourth-order valence-corrected chi connectivity index (χ4v) is 4.24. The van der Waals surface area contributed by atoms with Crippen LogP contribution in [-0.4, -0.2) is 38.7 Å². The van der Waals surface area contributed by atoms with Crippen LogP contribution in [-0.2, 0) is 16.0 Å². The largest absolute Gasteiger partial charge is 0.508 e. The molecule has 1 saturated heterocycles. The first-order chi connectivity index (χ1) is 13.8. The lowest BCUT2D eigenvalue weighted by molar-refractivity contribution is -0.132. The number of phenols is 1. The summed E-state index contributed by atoms with van der Waals surface area (Å²) in [5.74, 6) is -0.889. The van der Waals surface area contributed by atoms with Crippen molar-refractivity contribution in [3.8, 4) is 5.75 Å². The molecule has 0 aromatic heterocycles. The summed E-state index contributed by atoms with van der Waals surface area (Å²) >= 11 is 6.38. The van der Waals surface area contributed by atoms with Gasteiger partial charge >= 0.3 is 0 Å². The van der Waals surface area contributed by atoms with E-state index in [0.717, 1.165) is 17.3 Å². The smallest absolute Gasteiger partial charge is 0.266 e. The summed E-state index contributed by atoms with van der Waals surface area (Å²) in [6, 6.07) is 11.9. The van der Waals surface area contributed by atoms with E-state index in [4.69, 9.17) is 12.2 Å². The Hall–Kier alpha value is -2.71. The standard InChI is InChI=1S/C21H19FN2O3S2/c1-13(19(26)23-10-9-14-5-7-17(25)8-6-14)24-20(27)18(29-21(24)28)12-15-3-2-4-16(22)11-15/h2-8,11-13,25H,9-10H2,1H3,(H,23,26)/b18-12-/t13-/m0/s1. The normalized spacial score (nSPS) is 16.3. The van der Waals surface area contributed by atoms with E-state index in [1.807, 2.05) is 0 Å². The summed E-state index contributed by atoms with van der Waals surface area (Å²) in [7, 11) is 0. The predicted molar refractivity (Wildman–Crippen MR) is 116 cm³/mol. The maximum absolute atomic E-state index is 13.4. The Bertz CT molecular complexity index is 976. The van der Waals surface area contributed by atoms with Crippen molar-refractivity contribution in [3.63, 3.8) is 0 Å². The van der Waals surface area contributed by atoms with Crippen LogP contribution in [0, 0.1) is 5.82 Å². The first-order valence-corrected chi connectivity index (χ1v) is 10.2. The number of aromatic hydroxyl groups is 1. The fourth-order valence-electron chi connectivity index (χ4n) is 2.82. The zero-order valence-corrected chi connectivity index (χ0v) is 17.2. The van der Waals surface area contributed by atoms with Gasteiger partial charge in [-0.05, 0) is 54.8 Å². The number of hydrogen-bond acceptors (Lipinski definition) is 5. The summed E-state index contributed by atoms with van der Waals surface area (Å²) in [4.78, 5) is 26.9. The lowest BCUT2D eigenvalue weighted by Gasteiger charge is -2.22. The van der Waals surface area contributed by atoms with Crippen LogP contribution in [0.3, 0.4) is 0 Å². The molecule has 2 aromatic rings. The number of thiocarbonyl (C=S) groups is 1. The Morgan fingerprint density at radius 3 is 2.72 bits per heavy atom. The summed E-state index contributed by atoms with van der Waals surface area (Å²) in [5, 5.41) is 12.1. The van der Waals surface area contributed by atoms with Gasteiger partial charge in [-0.15, -0.1) is 0 Å². The van der Waals surface area contributed by atoms with Crippen LogP contribution in [0.1, 0.15) is 18.1 Å². The van der Waals surface area contributed by atoms with Crippen LogP contribution in [0.5, 0.6) is 5.75 Å². The Kier molecular flexibility index (Phi) is 6.66. The van der Waals surface area contributed by atoms with Crippen LogP contribution in [0.2, 0.25) is 0 Å². The number of carbonyl (C=O) groups is 2. The summed E-state index contributed by atoms with van der Waals surface area (Å²) < 4.78 is 13.7. The molecule has 0 aliphatic carbocycles. The molecule has 8 heteroatoms. The molecule has 29 heavy (non-hydrogen) atoms. The van der Waals surface area contributed by atoms with Crippen molar-refractivity contribution in [3.05, 3.63) is 70.4 Å². The number of phenolic OH excluding ortho intramolecular Hbond substituents is 1. The minimum absolute atomic E-state index is 0.187. The summed E-state index contributed by atoms with van der Waals surface area (Å²) in [5.41, 5.74) is 1.52. The number of amides is 2. The number of rotatable bonds is 6. The molecule has 0 bridgehead atoms. The van der Waals surface area contributed by atoms with Gasteiger partial charge in [-0.2, -0.15) is 0 Å². The lowest BCUT2D eigenvalue weighted by Crippen LogP contribution is -2.47. The molecule has 2 N–H and O–H groups in total. The molecule has 0 spiro atoms. The van der Waals surface area contributed by atoms with Crippen LogP contribution >= 0.6 is 24.0 Å². The number of nitrogens with one attached hydrogen (secondary N) is 1. The molecule has 0 radical (unpaired) electrons. The van der Waals surface area contributed by atoms with Crippen molar-refractivity contribution in [2.45, 2.75) is 19.4 Å². The molecule has 1 atom stereocenters. The van der Waals surface area contributed by atoms with E-state index in [1.54, 1.807) is 49.4 Å². The third-order valence-corrected chi connectivity index (χ3v) is 5.72. The third-order valence-electron chi connectivity index (χ3n) is 4.39. The molecule has 150 valence electrons. The van der Waals surface area contributed by atoms with Gasteiger partial charge in [-0.1, -0.05) is 48.2 Å². The van der Waals surface area contributed by atoms with Crippen molar-refractivity contribution in [2.24, 2.45) is 0 Å². The highest BCUT2D eigenvalue weighted by atomic mass is 32.2. The maximum atomic E-state index is 13.4. The van der Waals surface area contributed by atoms with Crippen LogP contribution in [0.15, 0.2) is 53.4 Å². The number of hydrogen-bond donors (Lipinski definition) is 2.